The zero-order valence-corrected chi connectivity index (χ0v) is 10.1. The van der Waals surface area contributed by atoms with Gasteiger partial charge in [-0.25, -0.2) is 0 Å². The lowest BCUT2D eigenvalue weighted by molar-refractivity contribution is -0.870. The molecule has 0 aromatic heterocycles. The van der Waals surface area contributed by atoms with Crippen LogP contribution in [0.15, 0.2) is 0 Å². The molecular weight excluding hydrogens is 178 g/mol. The highest BCUT2D eigenvalue weighted by Crippen LogP contribution is 2.38. The van der Waals surface area contributed by atoms with Crippen molar-refractivity contribution in [1.82, 2.24) is 0 Å². The van der Waals surface area contributed by atoms with E-state index in [1.165, 1.54) is 0 Å². The Hall–Kier alpha value is -0.120. The lowest BCUT2D eigenvalue weighted by Gasteiger charge is -2.21. The molecule has 3 nitrogen and oxygen atoms in total. The van der Waals surface area contributed by atoms with Crippen LogP contribution in [-0.2, 0) is 0 Å². The van der Waals surface area contributed by atoms with Gasteiger partial charge in [-0.3, -0.25) is 0 Å². The van der Waals surface area contributed by atoms with Crippen LogP contribution in [0.2, 0.25) is 0 Å². The van der Waals surface area contributed by atoms with Crippen LogP contribution in [0.3, 0.4) is 0 Å². The predicted octanol–water partition coefficient (Wildman–Crippen LogP) is 0.996. The Morgan fingerprint density at radius 1 is 1.21 bits per heavy atom. The van der Waals surface area contributed by atoms with Gasteiger partial charge in [-0.2, -0.15) is 0 Å². The Kier molecular flexibility index (Phi) is 5.64. The summed E-state index contributed by atoms with van der Waals surface area (Å²) in [7, 11) is 6.16. The van der Waals surface area contributed by atoms with Gasteiger partial charge in [-0.1, -0.05) is 13.3 Å². The van der Waals surface area contributed by atoms with E-state index < -0.39 is 0 Å². The third kappa shape index (κ3) is 8.48. The first-order valence-corrected chi connectivity index (χ1v) is 5.47. The SMILES string of the molecule is CCCC1(O)CC1.C[N+](C)(C)CCO. The maximum atomic E-state index is 9.13. The highest BCUT2D eigenvalue weighted by atomic mass is 16.3. The molecule has 0 heterocycles. The zero-order valence-electron chi connectivity index (χ0n) is 10.1. The van der Waals surface area contributed by atoms with Crippen LogP contribution in [-0.4, -0.2) is 54.6 Å². The quantitative estimate of drug-likeness (QED) is 0.671. The summed E-state index contributed by atoms with van der Waals surface area (Å²) >= 11 is 0. The number of hydrogen-bond acceptors (Lipinski definition) is 2. The van der Waals surface area contributed by atoms with E-state index in [1.54, 1.807) is 0 Å². The monoisotopic (exact) mass is 204 g/mol. The van der Waals surface area contributed by atoms with Gasteiger partial charge in [0.2, 0.25) is 0 Å². The number of hydrogen-bond donors (Lipinski definition) is 2. The number of likely N-dealkylation sites (N-methyl/N-ethyl adjacent to an activating group) is 1. The van der Waals surface area contributed by atoms with E-state index in [0.29, 0.717) is 0 Å². The van der Waals surface area contributed by atoms with Crippen molar-refractivity contribution in [3.05, 3.63) is 0 Å². The zero-order chi connectivity index (χ0) is 11.2. The Morgan fingerprint density at radius 3 is 1.79 bits per heavy atom. The molecule has 0 aromatic carbocycles. The standard InChI is InChI=1S/C6H12O.C5H14NO/c1-2-3-6(7)4-5-6;1-6(2,3)4-5-7/h7H,2-5H2,1H3;7H,4-5H2,1-3H3/q;+1. The smallest absolute Gasteiger partial charge is 0.101 e. The minimum atomic E-state index is -0.200. The van der Waals surface area contributed by atoms with Crippen molar-refractivity contribution >= 4 is 0 Å². The van der Waals surface area contributed by atoms with Crippen LogP contribution in [0.1, 0.15) is 32.6 Å². The molecule has 1 aliphatic carbocycles. The van der Waals surface area contributed by atoms with Gasteiger partial charge >= 0.3 is 0 Å². The lowest BCUT2D eigenvalue weighted by atomic mass is 10.2. The summed E-state index contributed by atoms with van der Waals surface area (Å²) in [5, 5.41) is 17.5. The fourth-order valence-electron chi connectivity index (χ4n) is 1.16. The molecule has 0 radical (unpaired) electrons. The molecule has 0 atom stereocenters. The van der Waals surface area contributed by atoms with Gasteiger partial charge in [0.05, 0.1) is 33.4 Å². The van der Waals surface area contributed by atoms with Gasteiger partial charge in [0.25, 0.3) is 0 Å². The summed E-state index contributed by atoms with van der Waals surface area (Å²) in [6, 6.07) is 0. The van der Waals surface area contributed by atoms with Crippen molar-refractivity contribution < 1.29 is 14.7 Å². The normalized spacial score (nSPS) is 18.4. The number of aliphatic hydroxyl groups is 2. The van der Waals surface area contributed by atoms with Crippen molar-refractivity contribution in [3.63, 3.8) is 0 Å². The summed E-state index contributed by atoms with van der Waals surface area (Å²) in [5.74, 6) is 0. The van der Waals surface area contributed by atoms with Gasteiger partial charge in [-0.15, -0.1) is 0 Å². The van der Waals surface area contributed by atoms with Crippen LogP contribution < -0.4 is 0 Å². The lowest BCUT2D eigenvalue weighted by Crippen LogP contribution is -2.36. The summed E-state index contributed by atoms with van der Waals surface area (Å²) in [4.78, 5) is 0. The van der Waals surface area contributed by atoms with Crippen LogP contribution in [0, 0.1) is 0 Å². The van der Waals surface area contributed by atoms with E-state index in [0.717, 1.165) is 36.7 Å². The number of quaternary nitrogens is 1. The molecule has 86 valence electrons. The molecule has 0 bridgehead atoms. The summed E-state index contributed by atoms with van der Waals surface area (Å²) in [5.41, 5.74) is -0.200. The minimum absolute atomic E-state index is 0.200. The van der Waals surface area contributed by atoms with Crippen molar-refractivity contribution in [2.75, 3.05) is 34.3 Å². The van der Waals surface area contributed by atoms with Gasteiger partial charge in [0.1, 0.15) is 6.54 Å². The Labute approximate surface area is 87.9 Å². The second kappa shape index (κ2) is 5.69. The molecule has 1 rings (SSSR count). The van der Waals surface area contributed by atoms with Crippen LogP contribution >= 0.6 is 0 Å². The fourth-order valence-corrected chi connectivity index (χ4v) is 1.16. The number of nitrogens with zero attached hydrogens (tertiary/aromatic N) is 1. The molecule has 0 aliphatic heterocycles. The number of aliphatic hydroxyl groups excluding tert-OH is 1. The van der Waals surface area contributed by atoms with E-state index >= 15 is 0 Å². The largest absolute Gasteiger partial charge is 0.391 e. The molecule has 0 unspecified atom stereocenters. The molecule has 1 fully saturated rings. The first kappa shape index (κ1) is 13.9. The topological polar surface area (TPSA) is 40.5 Å². The van der Waals surface area contributed by atoms with E-state index in [2.05, 4.69) is 28.1 Å². The highest BCUT2D eigenvalue weighted by molar-refractivity contribution is 4.92. The molecular formula is C11H26NO2+. The average Bonchev–Trinajstić information content (AvgIpc) is 2.67. The highest BCUT2D eigenvalue weighted by Gasteiger charge is 2.38. The summed E-state index contributed by atoms with van der Waals surface area (Å²) in [6.45, 7) is 3.22. The molecule has 0 saturated heterocycles. The predicted molar refractivity (Wildman–Crippen MR) is 59.1 cm³/mol. The molecule has 1 saturated carbocycles. The van der Waals surface area contributed by atoms with Crippen molar-refractivity contribution in [2.24, 2.45) is 0 Å². The van der Waals surface area contributed by atoms with E-state index in [4.69, 9.17) is 10.2 Å². The molecule has 3 heteroatoms. The molecule has 0 spiro atoms. The van der Waals surface area contributed by atoms with Gasteiger partial charge in [0, 0.05) is 0 Å². The maximum Gasteiger partial charge on any atom is 0.101 e. The average molecular weight is 204 g/mol. The Bertz CT molecular complexity index is 141. The Morgan fingerprint density at radius 2 is 1.71 bits per heavy atom. The molecule has 14 heavy (non-hydrogen) atoms. The van der Waals surface area contributed by atoms with Crippen LogP contribution in [0.5, 0.6) is 0 Å². The van der Waals surface area contributed by atoms with Gasteiger partial charge in [0.15, 0.2) is 0 Å². The molecule has 2 N–H and O–H groups in total. The molecule has 0 amide bonds. The second-order valence-corrected chi connectivity index (χ2v) is 5.21. The van der Waals surface area contributed by atoms with Gasteiger partial charge in [-0.05, 0) is 19.3 Å². The van der Waals surface area contributed by atoms with Gasteiger partial charge < -0.3 is 14.7 Å². The van der Waals surface area contributed by atoms with Crippen LogP contribution in [0.4, 0.5) is 0 Å². The van der Waals surface area contributed by atoms with Crippen LogP contribution in [0.25, 0.3) is 0 Å². The van der Waals surface area contributed by atoms with Crippen molar-refractivity contribution in [1.29, 1.82) is 0 Å². The summed E-state index contributed by atoms with van der Waals surface area (Å²) in [6.07, 6.45) is 4.21. The summed E-state index contributed by atoms with van der Waals surface area (Å²) < 4.78 is 0.844. The first-order valence-electron chi connectivity index (χ1n) is 5.47. The maximum absolute atomic E-state index is 9.13. The van der Waals surface area contributed by atoms with Crippen molar-refractivity contribution in [3.8, 4) is 0 Å². The van der Waals surface area contributed by atoms with E-state index in [9.17, 15) is 0 Å². The van der Waals surface area contributed by atoms with E-state index in [-0.39, 0.29) is 12.2 Å². The van der Waals surface area contributed by atoms with Crippen molar-refractivity contribution in [2.45, 2.75) is 38.2 Å². The molecule has 0 aromatic rings. The third-order valence-electron chi connectivity index (χ3n) is 2.31. The van der Waals surface area contributed by atoms with E-state index in [1.807, 2.05) is 0 Å². The fraction of sp³-hybridized carbons (Fsp3) is 1.00. The first-order chi connectivity index (χ1) is 6.33. The Balaban J connectivity index is 0.000000241. The minimum Gasteiger partial charge on any atom is -0.391 e. The third-order valence-corrected chi connectivity index (χ3v) is 2.31. The second-order valence-electron chi connectivity index (χ2n) is 5.21. The molecule has 1 aliphatic rings. The number of rotatable bonds is 4.